The van der Waals surface area contributed by atoms with Gasteiger partial charge in [-0.25, -0.2) is 5.43 Å². The molecule has 0 atom stereocenters. The Hall–Kier alpha value is -2.09. The Balaban J connectivity index is 2.03. The fraction of sp³-hybridized carbons (Fsp3) is 0.222. The van der Waals surface area contributed by atoms with E-state index in [0.717, 1.165) is 9.13 Å². The quantitative estimate of drug-likeness (QED) is 0.424. The fourth-order valence-electron chi connectivity index (χ4n) is 1.95. The van der Waals surface area contributed by atoms with Crippen molar-refractivity contribution in [3.05, 3.63) is 57.2 Å². The Kier molecular flexibility index (Phi) is 6.60. The van der Waals surface area contributed by atoms with E-state index < -0.39 is 0 Å². The molecule has 126 valence electrons. The first-order valence-corrected chi connectivity index (χ1v) is 8.51. The van der Waals surface area contributed by atoms with Crippen molar-refractivity contribution in [2.24, 2.45) is 5.10 Å². The average molecular weight is 438 g/mol. The van der Waals surface area contributed by atoms with Crippen LogP contribution in [0.2, 0.25) is 0 Å². The lowest BCUT2D eigenvalue weighted by molar-refractivity contribution is 0.0955. The summed E-state index contributed by atoms with van der Waals surface area (Å²) in [5.74, 6) is 1.04. The van der Waals surface area contributed by atoms with Crippen LogP contribution in [0.3, 0.4) is 0 Å². The SMILES string of the molecule is COc1cc(/C=N\NC(=O)c2ccc(I)cc2)ccc1OC(C)C. The van der Waals surface area contributed by atoms with E-state index in [9.17, 15) is 4.79 Å². The molecule has 1 N–H and O–H groups in total. The lowest BCUT2D eigenvalue weighted by atomic mass is 10.2. The molecule has 0 aromatic heterocycles. The molecule has 0 aliphatic rings. The van der Waals surface area contributed by atoms with Crippen LogP contribution in [-0.2, 0) is 0 Å². The third-order valence-electron chi connectivity index (χ3n) is 3.04. The zero-order valence-electron chi connectivity index (χ0n) is 13.7. The lowest BCUT2D eigenvalue weighted by Crippen LogP contribution is -2.17. The normalized spacial score (nSPS) is 10.9. The van der Waals surface area contributed by atoms with Gasteiger partial charge in [0.1, 0.15) is 0 Å². The Morgan fingerprint density at radius 2 is 1.88 bits per heavy atom. The summed E-state index contributed by atoms with van der Waals surface area (Å²) in [5, 5.41) is 3.98. The van der Waals surface area contributed by atoms with E-state index in [1.54, 1.807) is 31.5 Å². The third-order valence-corrected chi connectivity index (χ3v) is 3.76. The smallest absolute Gasteiger partial charge is 0.271 e. The zero-order chi connectivity index (χ0) is 17.5. The van der Waals surface area contributed by atoms with E-state index >= 15 is 0 Å². The maximum atomic E-state index is 12.0. The van der Waals surface area contributed by atoms with Crippen LogP contribution < -0.4 is 14.9 Å². The minimum Gasteiger partial charge on any atom is -0.493 e. The molecule has 0 unspecified atom stereocenters. The predicted octanol–water partition coefficient (Wildman–Crippen LogP) is 3.85. The van der Waals surface area contributed by atoms with Gasteiger partial charge in [-0.1, -0.05) is 0 Å². The summed E-state index contributed by atoms with van der Waals surface area (Å²) in [6.07, 6.45) is 1.62. The monoisotopic (exact) mass is 438 g/mol. The molecular formula is C18H19IN2O3. The summed E-state index contributed by atoms with van der Waals surface area (Å²) in [6, 6.07) is 12.7. The Labute approximate surface area is 155 Å². The van der Waals surface area contributed by atoms with Crippen LogP contribution in [0.25, 0.3) is 0 Å². The molecule has 0 spiro atoms. The zero-order valence-corrected chi connectivity index (χ0v) is 15.9. The number of halogens is 1. The van der Waals surface area contributed by atoms with E-state index in [1.165, 1.54) is 0 Å². The molecule has 5 nitrogen and oxygen atoms in total. The molecule has 6 heteroatoms. The van der Waals surface area contributed by atoms with Crippen LogP contribution in [0.15, 0.2) is 47.6 Å². The van der Waals surface area contributed by atoms with Crippen LogP contribution in [0.4, 0.5) is 0 Å². The number of carbonyl (C=O) groups excluding carboxylic acids is 1. The Morgan fingerprint density at radius 3 is 2.50 bits per heavy atom. The van der Waals surface area contributed by atoms with Gasteiger partial charge in [-0.15, -0.1) is 0 Å². The van der Waals surface area contributed by atoms with Crippen LogP contribution in [0.5, 0.6) is 11.5 Å². The molecule has 0 aliphatic heterocycles. The average Bonchev–Trinajstić information content (AvgIpc) is 2.56. The molecule has 2 aromatic carbocycles. The second-order valence-electron chi connectivity index (χ2n) is 5.28. The first-order chi connectivity index (χ1) is 11.5. The fourth-order valence-corrected chi connectivity index (χ4v) is 2.31. The minimum atomic E-state index is -0.255. The number of amides is 1. The molecular weight excluding hydrogens is 419 g/mol. The number of nitrogens with zero attached hydrogens (tertiary/aromatic N) is 1. The number of benzene rings is 2. The molecule has 2 aromatic rings. The van der Waals surface area contributed by atoms with Crippen molar-refractivity contribution in [1.29, 1.82) is 0 Å². The predicted molar refractivity (Wildman–Crippen MR) is 103 cm³/mol. The summed E-state index contributed by atoms with van der Waals surface area (Å²) in [5.41, 5.74) is 3.87. The molecule has 0 saturated heterocycles. The molecule has 0 bridgehead atoms. The Morgan fingerprint density at radius 1 is 1.17 bits per heavy atom. The number of carbonyl (C=O) groups is 1. The molecule has 0 radical (unpaired) electrons. The van der Waals surface area contributed by atoms with E-state index in [1.807, 2.05) is 38.1 Å². The van der Waals surface area contributed by atoms with Gasteiger partial charge in [-0.2, -0.15) is 5.10 Å². The molecule has 24 heavy (non-hydrogen) atoms. The van der Waals surface area contributed by atoms with Crippen LogP contribution in [0.1, 0.15) is 29.8 Å². The topological polar surface area (TPSA) is 59.9 Å². The van der Waals surface area contributed by atoms with Crippen molar-refractivity contribution in [3.8, 4) is 11.5 Å². The van der Waals surface area contributed by atoms with Gasteiger partial charge >= 0.3 is 0 Å². The summed E-state index contributed by atoms with van der Waals surface area (Å²) >= 11 is 2.19. The summed E-state index contributed by atoms with van der Waals surface area (Å²) in [6.45, 7) is 3.91. The molecule has 0 aliphatic carbocycles. The van der Waals surface area contributed by atoms with Crippen molar-refractivity contribution >= 4 is 34.7 Å². The standard InChI is InChI=1S/C18H19IN2O3/c1-12(2)24-16-9-4-13(10-17(16)23-3)11-20-21-18(22)14-5-7-15(19)8-6-14/h4-12H,1-3H3,(H,21,22)/b20-11-. The minimum absolute atomic E-state index is 0.0617. The van der Waals surface area contributed by atoms with E-state index in [-0.39, 0.29) is 12.0 Å². The molecule has 0 saturated carbocycles. The van der Waals surface area contributed by atoms with E-state index in [0.29, 0.717) is 17.1 Å². The number of ether oxygens (including phenoxy) is 2. The highest BCUT2D eigenvalue weighted by Crippen LogP contribution is 2.28. The van der Waals surface area contributed by atoms with Gasteiger partial charge in [0, 0.05) is 9.13 Å². The van der Waals surface area contributed by atoms with E-state index in [4.69, 9.17) is 9.47 Å². The number of hydrogen-bond donors (Lipinski definition) is 1. The van der Waals surface area contributed by atoms with Crippen LogP contribution in [-0.4, -0.2) is 25.3 Å². The summed E-state index contributed by atoms with van der Waals surface area (Å²) in [4.78, 5) is 12.0. The van der Waals surface area contributed by atoms with Crippen molar-refractivity contribution in [2.45, 2.75) is 20.0 Å². The number of nitrogens with one attached hydrogen (secondary N) is 1. The van der Waals surface area contributed by atoms with Crippen molar-refractivity contribution in [3.63, 3.8) is 0 Å². The highest BCUT2D eigenvalue weighted by atomic mass is 127. The van der Waals surface area contributed by atoms with Gasteiger partial charge in [0.25, 0.3) is 5.91 Å². The summed E-state index contributed by atoms with van der Waals surface area (Å²) in [7, 11) is 1.59. The maximum absolute atomic E-state index is 12.0. The number of hydrogen-bond acceptors (Lipinski definition) is 4. The largest absolute Gasteiger partial charge is 0.493 e. The summed E-state index contributed by atoms with van der Waals surface area (Å²) < 4.78 is 12.1. The molecule has 2 rings (SSSR count). The van der Waals surface area contributed by atoms with Crippen molar-refractivity contribution in [2.75, 3.05) is 7.11 Å². The second kappa shape index (κ2) is 8.68. The van der Waals surface area contributed by atoms with Gasteiger partial charge in [0.2, 0.25) is 0 Å². The van der Waals surface area contributed by atoms with Gasteiger partial charge in [-0.3, -0.25) is 4.79 Å². The van der Waals surface area contributed by atoms with Gasteiger partial charge in [0.15, 0.2) is 11.5 Å². The van der Waals surface area contributed by atoms with Gasteiger partial charge in [-0.05, 0) is 84.5 Å². The van der Waals surface area contributed by atoms with Crippen LogP contribution in [0, 0.1) is 3.57 Å². The first kappa shape index (κ1) is 18.3. The van der Waals surface area contributed by atoms with Crippen molar-refractivity contribution < 1.29 is 14.3 Å². The highest BCUT2D eigenvalue weighted by Gasteiger charge is 2.07. The van der Waals surface area contributed by atoms with E-state index in [2.05, 4.69) is 33.1 Å². The number of rotatable bonds is 6. The number of hydrazone groups is 1. The Bertz CT molecular complexity index is 728. The second-order valence-corrected chi connectivity index (χ2v) is 6.53. The maximum Gasteiger partial charge on any atom is 0.271 e. The molecule has 0 fully saturated rings. The van der Waals surface area contributed by atoms with Gasteiger partial charge in [0.05, 0.1) is 19.4 Å². The molecule has 0 heterocycles. The first-order valence-electron chi connectivity index (χ1n) is 7.43. The lowest BCUT2D eigenvalue weighted by Gasteiger charge is -2.13. The number of methoxy groups -OCH3 is 1. The highest BCUT2D eigenvalue weighted by molar-refractivity contribution is 14.1. The van der Waals surface area contributed by atoms with Crippen molar-refractivity contribution in [1.82, 2.24) is 5.43 Å². The van der Waals surface area contributed by atoms with Crippen LogP contribution >= 0.6 is 22.6 Å². The molecule has 1 amide bonds. The van der Waals surface area contributed by atoms with Gasteiger partial charge < -0.3 is 9.47 Å². The third kappa shape index (κ3) is 5.23.